The minimum Gasteiger partial charge on any atom is -0.478 e. The van der Waals surface area contributed by atoms with Crippen LogP contribution in [-0.4, -0.2) is 16.0 Å². The van der Waals surface area contributed by atoms with Gasteiger partial charge >= 0.3 is 5.97 Å². The third-order valence-corrected chi connectivity index (χ3v) is 3.47. The first-order valence-electron chi connectivity index (χ1n) is 5.89. The van der Waals surface area contributed by atoms with E-state index in [2.05, 4.69) is 21.2 Å². The lowest BCUT2D eigenvalue weighted by molar-refractivity contribution is -0.384. The molecule has 0 unspecified atom stereocenters. The molecule has 0 aliphatic heterocycles. The Kier molecular flexibility index (Phi) is 4.27. The van der Waals surface area contributed by atoms with Crippen LogP contribution in [0.25, 0.3) is 0 Å². The molecule has 110 valence electrons. The molecule has 0 aliphatic carbocycles. The van der Waals surface area contributed by atoms with Gasteiger partial charge in [0, 0.05) is 22.3 Å². The van der Waals surface area contributed by atoms with E-state index in [0.29, 0.717) is 21.7 Å². The smallest absolute Gasteiger partial charge is 0.339 e. The minimum atomic E-state index is -1.04. The minimum absolute atomic E-state index is 0.0190. The number of anilines is 1. The summed E-state index contributed by atoms with van der Waals surface area (Å²) in [5.74, 6) is -0.240. The number of hydrogen-bond acceptors (Lipinski definition) is 5. The number of aryl methyl sites for hydroxylation is 1. The zero-order chi connectivity index (χ0) is 15.6. The molecule has 8 heteroatoms. The van der Waals surface area contributed by atoms with Crippen molar-refractivity contribution in [2.24, 2.45) is 0 Å². The van der Waals surface area contributed by atoms with E-state index in [9.17, 15) is 14.9 Å². The SMILES string of the molecule is Cc1oc(CNc2ccc([N+](=O)[O-])cc2Br)cc1C(=O)O. The molecule has 0 fully saturated rings. The highest BCUT2D eigenvalue weighted by Crippen LogP contribution is 2.27. The number of carboxylic acid groups (broad SMARTS) is 1. The molecule has 1 aromatic heterocycles. The van der Waals surface area contributed by atoms with Crippen LogP contribution in [0.5, 0.6) is 0 Å². The van der Waals surface area contributed by atoms with Gasteiger partial charge in [-0.25, -0.2) is 4.79 Å². The van der Waals surface area contributed by atoms with Crippen LogP contribution in [0.15, 0.2) is 33.2 Å². The Morgan fingerprint density at radius 1 is 1.48 bits per heavy atom. The summed E-state index contributed by atoms with van der Waals surface area (Å²) < 4.78 is 5.87. The van der Waals surface area contributed by atoms with E-state index in [4.69, 9.17) is 9.52 Å². The molecule has 0 amide bonds. The number of aromatic carboxylic acids is 1. The van der Waals surface area contributed by atoms with Gasteiger partial charge in [0.2, 0.25) is 0 Å². The van der Waals surface area contributed by atoms with Crippen molar-refractivity contribution in [1.82, 2.24) is 0 Å². The van der Waals surface area contributed by atoms with Gasteiger partial charge in [-0.2, -0.15) is 0 Å². The van der Waals surface area contributed by atoms with Crippen molar-refractivity contribution in [2.45, 2.75) is 13.5 Å². The highest BCUT2D eigenvalue weighted by Gasteiger charge is 2.14. The van der Waals surface area contributed by atoms with Crippen molar-refractivity contribution in [2.75, 3.05) is 5.32 Å². The first-order valence-corrected chi connectivity index (χ1v) is 6.68. The number of nitro groups is 1. The van der Waals surface area contributed by atoms with Crippen LogP contribution in [0.1, 0.15) is 21.9 Å². The van der Waals surface area contributed by atoms with Crippen LogP contribution in [-0.2, 0) is 6.54 Å². The van der Waals surface area contributed by atoms with Crippen LogP contribution in [0.4, 0.5) is 11.4 Å². The lowest BCUT2D eigenvalue weighted by atomic mass is 10.2. The molecule has 1 heterocycles. The second-order valence-corrected chi connectivity index (χ2v) is 5.12. The molecule has 0 atom stereocenters. The van der Waals surface area contributed by atoms with Gasteiger partial charge in [0.25, 0.3) is 5.69 Å². The Morgan fingerprint density at radius 3 is 2.71 bits per heavy atom. The molecule has 0 radical (unpaired) electrons. The summed E-state index contributed by atoms with van der Waals surface area (Å²) >= 11 is 3.24. The van der Waals surface area contributed by atoms with E-state index in [1.165, 1.54) is 18.2 Å². The Hall–Kier alpha value is -2.35. The van der Waals surface area contributed by atoms with E-state index >= 15 is 0 Å². The van der Waals surface area contributed by atoms with Crippen molar-refractivity contribution < 1.29 is 19.2 Å². The molecule has 0 spiro atoms. The van der Waals surface area contributed by atoms with Crippen LogP contribution in [0.2, 0.25) is 0 Å². The van der Waals surface area contributed by atoms with Crippen LogP contribution < -0.4 is 5.32 Å². The summed E-state index contributed by atoms with van der Waals surface area (Å²) in [7, 11) is 0. The zero-order valence-corrected chi connectivity index (χ0v) is 12.5. The third kappa shape index (κ3) is 3.40. The maximum atomic E-state index is 10.9. The van der Waals surface area contributed by atoms with Crippen LogP contribution >= 0.6 is 15.9 Å². The van der Waals surface area contributed by atoms with E-state index in [1.807, 2.05) is 0 Å². The highest BCUT2D eigenvalue weighted by molar-refractivity contribution is 9.10. The predicted molar refractivity (Wildman–Crippen MR) is 78.5 cm³/mol. The quantitative estimate of drug-likeness (QED) is 0.627. The van der Waals surface area contributed by atoms with E-state index in [-0.39, 0.29) is 17.8 Å². The van der Waals surface area contributed by atoms with E-state index < -0.39 is 10.9 Å². The molecule has 2 N–H and O–H groups in total. The molecular weight excluding hydrogens is 344 g/mol. The van der Waals surface area contributed by atoms with Gasteiger partial charge in [-0.15, -0.1) is 0 Å². The zero-order valence-electron chi connectivity index (χ0n) is 10.9. The van der Waals surface area contributed by atoms with Crippen molar-refractivity contribution in [1.29, 1.82) is 0 Å². The van der Waals surface area contributed by atoms with Crippen LogP contribution in [0, 0.1) is 17.0 Å². The average Bonchev–Trinajstić information content (AvgIpc) is 2.78. The number of nitrogens with one attached hydrogen (secondary N) is 1. The van der Waals surface area contributed by atoms with Gasteiger partial charge in [0.15, 0.2) is 0 Å². The number of nitrogens with zero attached hydrogens (tertiary/aromatic N) is 1. The lowest BCUT2D eigenvalue weighted by Gasteiger charge is -2.06. The second-order valence-electron chi connectivity index (χ2n) is 4.26. The monoisotopic (exact) mass is 354 g/mol. The summed E-state index contributed by atoms with van der Waals surface area (Å²) in [6.07, 6.45) is 0. The molecular formula is C13H11BrN2O5. The molecule has 0 saturated heterocycles. The van der Waals surface area contributed by atoms with Gasteiger partial charge in [0.1, 0.15) is 17.1 Å². The van der Waals surface area contributed by atoms with E-state index in [0.717, 1.165) is 0 Å². The van der Waals surface area contributed by atoms with Crippen molar-refractivity contribution in [3.8, 4) is 0 Å². The average molecular weight is 355 g/mol. The Balaban J connectivity index is 2.11. The van der Waals surface area contributed by atoms with Gasteiger partial charge in [-0.1, -0.05) is 0 Å². The number of furan rings is 1. The Bertz CT molecular complexity index is 711. The summed E-state index contributed by atoms with van der Waals surface area (Å²) in [5.41, 5.74) is 0.746. The number of non-ortho nitro benzene ring substituents is 1. The number of rotatable bonds is 5. The molecule has 0 bridgehead atoms. The fourth-order valence-electron chi connectivity index (χ4n) is 1.79. The van der Waals surface area contributed by atoms with Gasteiger partial charge in [0.05, 0.1) is 11.5 Å². The Morgan fingerprint density at radius 2 is 2.19 bits per heavy atom. The molecule has 2 rings (SSSR count). The standard InChI is InChI=1S/C13H11BrN2O5/c1-7-10(13(17)18)5-9(21-7)6-15-12-3-2-8(16(19)20)4-11(12)14/h2-5,15H,6H2,1H3,(H,17,18). The number of nitro benzene ring substituents is 1. The van der Waals surface area contributed by atoms with Gasteiger partial charge in [-0.05, 0) is 35.0 Å². The fourth-order valence-corrected chi connectivity index (χ4v) is 2.29. The maximum Gasteiger partial charge on any atom is 0.339 e. The molecule has 0 aliphatic rings. The third-order valence-electron chi connectivity index (χ3n) is 2.82. The molecule has 21 heavy (non-hydrogen) atoms. The summed E-state index contributed by atoms with van der Waals surface area (Å²) in [4.78, 5) is 21.1. The Labute approximate surface area is 127 Å². The number of carboxylic acids is 1. The molecule has 7 nitrogen and oxygen atoms in total. The summed E-state index contributed by atoms with van der Waals surface area (Å²) in [6, 6.07) is 5.78. The van der Waals surface area contributed by atoms with E-state index in [1.54, 1.807) is 13.0 Å². The highest BCUT2D eigenvalue weighted by atomic mass is 79.9. The van der Waals surface area contributed by atoms with Gasteiger partial charge < -0.3 is 14.8 Å². The van der Waals surface area contributed by atoms with Crippen molar-refractivity contribution in [3.63, 3.8) is 0 Å². The first-order chi connectivity index (χ1) is 9.88. The molecule has 2 aromatic rings. The number of hydrogen-bond donors (Lipinski definition) is 2. The predicted octanol–water partition coefficient (Wildman–Crippen LogP) is 3.57. The van der Waals surface area contributed by atoms with Crippen molar-refractivity contribution in [3.05, 3.63) is 55.9 Å². The topological polar surface area (TPSA) is 106 Å². The summed E-state index contributed by atoms with van der Waals surface area (Å²) in [6.45, 7) is 1.85. The largest absolute Gasteiger partial charge is 0.478 e. The van der Waals surface area contributed by atoms with Gasteiger partial charge in [-0.3, -0.25) is 10.1 Å². The van der Waals surface area contributed by atoms with Crippen molar-refractivity contribution >= 4 is 33.3 Å². The normalized spacial score (nSPS) is 10.4. The molecule has 0 saturated carbocycles. The molecule has 1 aromatic carbocycles. The lowest BCUT2D eigenvalue weighted by Crippen LogP contribution is -2.00. The number of halogens is 1. The maximum absolute atomic E-state index is 10.9. The second kappa shape index (κ2) is 5.96. The fraction of sp³-hybridized carbons (Fsp3) is 0.154. The van der Waals surface area contributed by atoms with Crippen LogP contribution in [0.3, 0.4) is 0 Å². The number of benzene rings is 1. The number of carbonyl (C=O) groups is 1. The summed E-state index contributed by atoms with van der Waals surface area (Å²) in [5, 5.41) is 22.6. The first kappa shape index (κ1) is 15.0.